The quantitative estimate of drug-likeness (QED) is 0.797. The number of ether oxygens (including phenoxy) is 1. The lowest BCUT2D eigenvalue weighted by molar-refractivity contribution is -0.126. The second-order valence-corrected chi connectivity index (χ2v) is 4.65. The van der Waals surface area contributed by atoms with E-state index in [1.807, 2.05) is 6.92 Å². The second kappa shape index (κ2) is 4.94. The fourth-order valence-corrected chi connectivity index (χ4v) is 2.01. The number of carbonyl (C=O) groups excluding carboxylic acids is 1. The summed E-state index contributed by atoms with van der Waals surface area (Å²) in [6.45, 7) is 1.96. The monoisotopic (exact) mass is 254 g/mol. The zero-order valence-electron chi connectivity index (χ0n) is 9.57. The van der Waals surface area contributed by atoms with Crippen molar-refractivity contribution in [3.05, 3.63) is 23.2 Å². The van der Waals surface area contributed by atoms with Crippen LogP contribution in [-0.4, -0.2) is 18.1 Å². The van der Waals surface area contributed by atoms with E-state index < -0.39 is 0 Å². The molecule has 4 nitrogen and oxygen atoms in total. The van der Waals surface area contributed by atoms with Crippen LogP contribution in [0.1, 0.15) is 19.8 Å². The van der Waals surface area contributed by atoms with Crippen molar-refractivity contribution in [2.75, 3.05) is 11.1 Å². The maximum atomic E-state index is 11.9. The van der Waals surface area contributed by atoms with Crippen molar-refractivity contribution in [2.24, 2.45) is 0 Å². The van der Waals surface area contributed by atoms with E-state index in [1.165, 1.54) is 0 Å². The molecule has 0 aromatic heterocycles. The predicted molar refractivity (Wildman–Crippen MR) is 68.1 cm³/mol. The van der Waals surface area contributed by atoms with Gasteiger partial charge >= 0.3 is 0 Å². The van der Waals surface area contributed by atoms with Crippen LogP contribution in [0.2, 0.25) is 5.02 Å². The fourth-order valence-electron chi connectivity index (χ4n) is 1.85. The van der Waals surface area contributed by atoms with Crippen molar-refractivity contribution in [2.45, 2.75) is 32.0 Å². The average Bonchev–Trinajstić information content (AvgIpc) is 2.70. The number of nitrogen functional groups attached to an aromatic ring is 1. The fraction of sp³-hybridized carbons (Fsp3) is 0.417. The summed E-state index contributed by atoms with van der Waals surface area (Å²) in [4.78, 5) is 11.9. The number of nitrogens with one attached hydrogen (secondary N) is 1. The third-order valence-corrected chi connectivity index (χ3v) is 3.10. The molecule has 1 fully saturated rings. The minimum absolute atomic E-state index is 0.141. The van der Waals surface area contributed by atoms with Gasteiger partial charge in [-0.25, -0.2) is 0 Å². The summed E-state index contributed by atoms with van der Waals surface area (Å²) >= 11 is 5.96. The highest BCUT2D eigenvalue weighted by Gasteiger charge is 2.28. The number of carbonyl (C=O) groups is 1. The molecule has 1 saturated heterocycles. The van der Waals surface area contributed by atoms with Gasteiger partial charge in [-0.1, -0.05) is 11.6 Å². The normalized spacial score (nSPS) is 23.6. The molecule has 1 aliphatic heterocycles. The third kappa shape index (κ3) is 2.90. The van der Waals surface area contributed by atoms with E-state index >= 15 is 0 Å². The van der Waals surface area contributed by atoms with E-state index in [0.717, 1.165) is 12.8 Å². The first-order valence-corrected chi connectivity index (χ1v) is 5.95. The van der Waals surface area contributed by atoms with Crippen molar-refractivity contribution >= 4 is 28.9 Å². The molecule has 5 heteroatoms. The number of rotatable bonds is 2. The molecule has 1 aliphatic rings. The summed E-state index contributed by atoms with van der Waals surface area (Å²) in [6, 6.07) is 4.98. The largest absolute Gasteiger partial charge is 0.399 e. The Morgan fingerprint density at radius 2 is 2.29 bits per heavy atom. The number of hydrogen-bond acceptors (Lipinski definition) is 3. The summed E-state index contributed by atoms with van der Waals surface area (Å²) < 4.78 is 5.48. The zero-order valence-corrected chi connectivity index (χ0v) is 10.3. The van der Waals surface area contributed by atoms with E-state index in [4.69, 9.17) is 22.1 Å². The Kier molecular flexibility index (Phi) is 3.54. The summed E-state index contributed by atoms with van der Waals surface area (Å²) in [5, 5.41) is 3.21. The van der Waals surface area contributed by atoms with Crippen LogP contribution >= 0.6 is 11.6 Å². The van der Waals surface area contributed by atoms with E-state index in [0.29, 0.717) is 16.4 Å². The number of hydrogen-bond donors (Lipinski definition) is 2. The van der Waals surface area contributed by atoms with Crippen molar-refractivity contribution < 1.29 is 9.53 Å². The molecule has 92 valence electrons. The Labute approximate surface area is 105 Å². The molecule has 0 bridgehead atoms. The maximum Gasteiger partial charge on any atom is 0.253 e. The van der Waals surface area contributed by atoms with Crippen LogP contribution < -0.4 is 11.1 Å². The van der Waals surface area contributed by atoms with Gasteiger partial charge in [0, 0.05) is 5.69 Å². The molecular formula is C12H15ClN2O2. The van der Waals surface area contributed by atoms with Crippen LogP contribution in [0.4, 0.5) is 11.4 Å². The maximum absolute atomic E-state index is 11.9. The molecule has 1 amide bonds. The molecular weight excluding hydrogens is 240 g/mol. The highest BCUT2D eigenvalue weighted by Crippen LogP contribution is 2.26. The van der Waals surface area contributed by atoms with Crippen molar-refractivity contribution in [3.63, 3.8) is 0 Å². The Morgan fingerprint density at radius 3 is 2.94 bits per heavy atom. The van der Waals surface area contributed by atoms with E-state index in [1.54, 1.807) is 18.2 Å². The highest BCUT2D eigenvalue weighted by molar-refractivity contribution is 6.33. The lowest BCUT2D eigenvalue weighted by Crippen LogP contribution is -2.27. The van der Waals surface area contributed by atoms with Crippen LogP contribution in [0.25, 0.3) is 0 Å². The molecule has 2 rings (SSSR count). The van der Waals surface area contributed by atoms with Gasteiger partial charge in [0.2, 0.25) is 0 Å². The Hall–Kier alpha value is -1.26. The standard InChI is InChI=1S/C12H15ClN2O2/c1-7-2-5-11(17-7)12(16)15-10-6-8(14)3-4-9(10)13/h3-4,6-7,11H,2,5,14H2,1H3,(H,15,16). The first kappa shape index (κ1) is 12.2. The van der Waals surface area contributed by atoms with Gasteiger partial charge in [0.15, 0.2) is 0 Å². The Bertz CT molecular complexity index is 437. The van der Waals surface area contributed by atoms with Crippen LogP contribution in [0.3, 0.4) is 0 Å². The zero-order chi connectivity index (χ0) is 12.4. The minimum atomic E-state index is -0.387. The second-order valence-electron chi connectivity index (χ2n) is 4.24. The number of anilines is 2. The van der Waals surface area contributed by atoms with E-state index in [-0.39, 0.29) is 18.1 Å². The number of nitrogens with two attached hydrogens (primary N) is 1. The van der Waals surface area contributed by atoms with Gasteiger partial charge in [-0.05, 0) is 38.0 Å². The molecule has 0 radical (unpaired) electrons. The number of amides is 1. The van der Waals surface area contributed by atoms with Crippen LogP contribution in [0.15, 0.2) is 18.2 Å². The van der Waals surface area contributed by atoms with Gasteiger partial charge in [-0.15, -0.1) is 0 Å². The molecule has 1 aromatic rings. The number of halogens is 1. The predicted octanol–water partition coefficient (Wildman–Crippen LogP) is 2.43. The molecule has 0 saturated carbocycles. The van der Waals surface area contributed by atoms with Crippen LogP contribution in [0, 0.1) is 0 Å². The molecule has 1 heterocycles. The SMILES string of the molecule is CC1CCC(C(=O)Nc2cc(N)ccc2Cl)O1. The first-order valence-electron chi connectivity index (χ1n) is 5.57. The third-order valence-electron chi connectivity index (χ3n) is 2.77. The average molecular weight is 255 g/mol. The molecule has 0 spiro atoms. The smallest absolute Gasteiger partial charge is 0.253 e. The van der Waals surface area contributed by atoms with Gasteiger partial charge in [0.05, 0.1) is 16.8 Å². The van der Waals surface area contributed by atoms with E-state index in [2.05, 4.69) is 5.32 Å². The van der Waals surface area contributed by atoms with Crippen LogP contribution in [0.5, 0.6) is 0 Å². The molecule has 2 atom stereocenters. The van der Waals surface area contributed by atoms with Gasteiger partial charge in [-0.2, -0.15) is 0 Å². The summed E-state index contributed by atoms with van der Waals surface area (Å²) in [5.74, 6) is -0.165. The Balaban J connectivity index is 2.05. The van der Waals surface area contributed by atoms with Crippen molar-refractivity contribution in [3.8, 4) is 0 Å². The topological polar surface area (TPSA) is 64.4 Å². The van der Waals surface area contributed by atoms with E-state index in [9.17, 15) is 4.79 Å². The summed E-state index contributed by atoms with van der Waals surface area (Å²) in [6.07, 6.45) is 1.40. The summed E-state index contributed by atoms with van der Waals surface area (Å²) in [7, 11) is 0. The minimum Gasteiger partial charge on any atom is -0.399 e. The first-order chi connectivity index (χ1) is 8.06. The number of benzene rings is 1. The van der Waals surface area contributed by atoms with Gasteiger partial charge < -0.3 is 15.8 Å². The van der Waals surface area contributed by atoms with Crippen molar-refractivity contribution in [1.82, 2.24) is 0 Å². The van der Waals surface area contributed by atoms with Crippen LogP contribution in [-0.2, 0) is 9.53 Å². The van der Waals surface area contributed by atoms with Gasteiger partial charge in [-0.3, -0.25) is 4.79 Å². The lowest BCUT2D eigenvalue weighted by atomic mass is 10.2. The van der Waals surface area contributed by atoms with Crippen molar-refractivity contribution in [1.29, 1.82) is 0 Å². The molecule has 17 heavy (non-hydrogen) atoms. The molecule has 2 unspecified atom stereocenters. The highest BCUT2D eigenvalue weighted by atomic mass is 35.5. The van der Waals surface area contributed by atoms with Gasteiger partial charge in [0.25, 0.3) is 5.91 Å². The Morgan fingerprint density at radius 1 is 1.53 bits per heavy atom. The lowest BCUT2D eigenvalue weighted by Gasteiger charge is -2.13. The summed E-state index contributed by atoms with van der Waals surface area (Å²) in [5.41, 5.74) is 6.73. The molecule has 1 aromatic carbocycles. The molecule has 0 aliphatic carbocycles. The van der Waals surface area contributed by atoms with Gasteiger partial charge in [0.1, 0.15) is 6.10 Å². The molecule has 3 N–H and O–H groups in total.